The van der Waals surface area contributed by atoms with Gasteiger partial charge in [-0.25, -0.2) is 0 Å². The second kappa shape index (κ2) is 8.39. The first-order chi connectivity index (χ1) is 15.9. The third kappa shape index (κ3) is 3.95. The third-order valence-electron chi connectivity index (χ3n) is 7.38. The molecule has 2 heterocycles. The fourth-order valence-electron chi connectivity index (χ4n) is 5.53. The Morgan fingerprint density at radius 3 is 2.42 bits per heavy atom. The zero-order chi connectivity index (χ0) is 23.2. The SMILES string of the molecule is C=C/C=C(\C=C)C(=C)N1C(c2ccc(OC3CN(C)C3)cc2)c2ccc(C)cc2CC12CC2. The molecule has 2 aromatic carbocycles. The van der Waals surface area contributed by atoms with Crippen molar-refractivity contribution in [3.63, 3.8) is 0 Å². The summed E-state index contributed by atoms with van der Waals surface area (Å²) in [6, 6.07) is 15.8. The summed E-state index contributed by atoms with van der Waals surface area (Å²) >= 11 is 0. The molecule has 5 rings (SSSR count). The van der Waals surface area contributed by atoms with Crippen LogP contribution in [0.25, 0.3) is 0 Å². The van der Waals surface area contributed by atoms with Crippen molar-refractivity contribution in [3.8, 4) is 5.75 Å². The van der Waals surface area contributed by atoms with Crippen molar-refractivity contribution >= 4 is 0 Å². The van der Waals surface area contributed by atoms with E-state index in [0.717, 1.165) is 36.5 Å². The van der Waals surface area contributed by atoms with Crippen LogP contribution in [0.1, 0.15) is 41.1 Å². The normalized spacial score (nSPS) is 21.8. The van der Waals surface area contributed by atoms with Crippen molar-refractivity contribution < 1.29 is 4.74 Å². The molecule has 170 valence electrons. The van der Waals surface area contributed by atoms with Gasteiger partial charge in [-0.1, -0.05) is 73.9 Å². The van der Waals surface area contributed by atoms with Gasteiger partial charge < -0.3 is 9.64 Å². The highest BCUT2D eigenvalue weighted by Crippen LogP contribution is 2.56. The van der Waals surface area contributed by atoms with E-state index in [1.807, 2.05) is 18.2 Å². The number of hydrogen-bond donors (Lipinski definition) is 0. The Balaban J connectivity index is 1.55. The van der Waals surface area contributed by atoms with Crippen LogP contribution >= 0.6 is 0 Å². The molecule has 3 aliphatic rings. The van der Waals surface area contributed by atoms with Crippen LogP contribution in [0.4, 0.5) is 0 Å². The van der Waals surface area contributed by atoms with Crippen LogP contribution in [0.3, 0.4) is 0 Å². The highest BCUT2D eigenvalue weighted by molar-refractivity contribution is 5.50. The molecule has 0 radical (unpaired) electrons. The largest absolute Gasteiger partial charge is 0.488 e. The molecule has 2 aromatic rings. The zero-order valence-corrected chi connectivity index (χ0v) is 19.9. The van der Waals surface area contributed by atoms with Crippen molar-refractivity contribution in [1.29, 1.82) is 0 Å². The van der Waals surface area contributed by atoms with Gasteiger partial charge in [0.25, 0.3) is 0 Å². The van der Waals surface area contributed by atoms with E-state index in [1.54, 1.807) is 0 Å². The smallest absolute Gasteiger partial charge is 0.124 e. The molecule has 1 spiro atoms. The molecule has 1 aliphatic carbocycles. The molecule has 2 aliphatic heterocycles. The van der Waals surface area contributed by atoms with Crippen molar-refractivity contribution in [3.05, 3.63) is 114 Å². The van der Waals surface area contributed by atoms with Crippen molar-refractivity contribution in [1.82, 2.24) is 9.80 Å². The van der Waals surface area contributed by atoms with E-state index >= 15 is 0 Å². The predicted octanol–water partition coefficient (Wildman–Crippen LogP) is 5.98. The zero-order valence-electron chi connectivity index (χ0n) is 19.9. The lowest BCUT2D eigenvalue weighted by atomic mass is 9.81. The van der Waals surface area contributed by atoms with Crippen molar-refractivity contribution in [2.24, 2.45) is 0 Å². The van der Waals surface area contributed by atoms with Crippen LogP contribution in [0, 0.1) is 6.92 Å². The van der Waals surface area contributed by atoms with E-state index in [2.05, 4.69) is 86.0 Å². The van der Waals surface area contributed by atoms with Crippen LogP contribution < -0.4 is 4.74 Å². The van der Waals surface area contributed by atoms with Gasteiger partial charge in [0.2, 0.25) is 0 Å². The van der Waals surface area contributed by atoms with Crippen LogP contribution in [0.2, 0.25) is 0 Å². The molecule has 1 atom stereocenters. The first-order valence-corrected chi connectivity index (χ1v) is 11.9. The van der Waals surface area contributed by atoms with Crippen LogP contribution in [-0.2, 0) is 6.42 Å². The molecule has 3 heteroatoms. The second-order valence-electron chi connectivity index (χ2n) is 9.91. The standard InChI is InChI=1S/C30H34N2O/c1-6-8-23(7-2)22(4)32-29(24-10-12-26(13-11-24)33-27-19-31(5)20-27)28-14-9-21(3)17-25(28)18-30(32)15-16-30/h6-14,17,27,29H,1-2,4,15-16,18-20H2,3,5H3/b23-8+. The fraction of sp³-hybridized carbons (Fsp3) is 0.333. The Hall–Kier alpha value is -3.04. The summed E-state index contributed by atoms with van der Waals surface area (Å²) < 4.78 is 6.16. The van der Waals surface area contributed by atoms with E-state index < -0.39 is 0 Å². The van der Waals surface area contributed by atoms with Gasteiger partial charge in [0.1, 0.15) is 11.9 Å². The number of allylic oxidation sites excluding steroid dienone is 3. The van der Waals surface area contributed by atoms with E-state index in [1.165, 1.54) is 35.1 Å². The molecule has 0 aromatic heterocycles. The Morgan fingerprint density at radius 2 is 1.82 bits per heavy atom. The van der Waals surface area contributed by atoms with Gasteiger partial charge in [-0.2, -0.15) is 0 Å². The summed E-state index contributed by atoms with van der Waals surface area (Å²) in [6.07, 6.45) is 9.46. The van der Waals surface area contributed by atoms with Gasteiger partial charge in [-0.15, -0.1) is 0 Å². The predicted molar refractivity (Wildman–Crippen MR) is 137 cm³/mol. The van der Waals surface area contributed by atoms with E-state index in [0.29, 0.717) is 6.10 Å². The molecule has 0 N–H and O–H groups in total. The summed E-state index contributed by atoms with van der Waals surface area (Å²) in [5, 5.41) is 0. The summed E-state index contributed by atoms with van der Waals surface area (Å²) in [5.41, 5.74) is 7.61. The molecule has 1 unspecified atom stereocenters. The minimum Gasteiger partial charge on any atom is -0.488 e. The van der Waals surface area contributed by atoms with Gasteiger partial charge in [-0.05, 0) is 67.6 Å². The maximum atomic E-state index is 6.16. The highest BCUT2D eigenvalue weighted by Gasteiger charge is 2.54. The number of likely N-dealkylation sites (tertiary alicyclic amines) is 1. The number of benzene rings is 2. The quantitative estimate of drug-likeness (QED) is 0.495. The Bertz CT molecular complexity index is 1120. The number of fused-ring (bicyclic) bond motifs is 1. The molecule has 2 fully saturated rings. The van der Waals surface area contributed by atoms with E-state index in [-0.39, 0.29) is 11.6 Å². The van der Waals surface area contributed by atoms with Crippen LogP contribution in [-0.4, -0.2) is 41.6 Å². The first kappa shape index (κ1) is 21.8. The molecule has 0 bridgehead atoms. The number of aryl methyl sites for hydroxylation is 1. The van der Waals surface area contributed by atoms with Crippen LogP contribution in [0.5, 0.6) is 5.75 Å². The van der Waals surface area contributed by atoms with Crippen molar-refractivity contribution in [2.45, 2.75) is 43.9 Å². The Morgan fingerprint density at radius 1 is 1.09 bits per heavy atom. The van der Waals surface area contributed by atoms with Gasteiger partial charge >= 0.3 is 0 Å². The number of hydrogen-bond acceptors (Lipinski definition) is 3. The lowest BCUT2D eigenvalue weighted by molar-refractivity contribution is 0.0388. The lowest BCUT2D eigenvalue weighted by Crippen LogP contribution is -2.51. The maximum Gasteiger partial charge on any atom is 0.124 e. The van der Waals surface area contributed by atoms with E-state index in [4.69, 9.17) is 4.74 Å². The summed E-state index contributed by atoms with van der Waals surface area (Å²) in [7, 11) is 2.12. The Labute approximate surface area is 198 Å². The molecular formula is C30H34N2O. The maximum absolute atomic E-state index is 6.16. The number of likely N-dealkylation sites (N-methyl/N-ethyl adjacent to an activating group) is 1. The average Bonchev–Trinajstić information content (AvgIpc) is 3.54. The molecule has 0 amide bonds. The van der Waals surface area contributed by atoms with Crippen molar-refractivity contribution in [2.75, 3.05) is 20.1 Å². The van der Waals surface area contributed by atoms with Gasteiger partial charge in [0.05, 0.1) is 6.04 Å². The van der Waals surface area contributed by atoms with E-state index in [9.17, 15) is 0 Å². The molecule has 3 nitrogen and oxygen atoms in total. The molecule has 33 heavy (non-hydrogen) atoms. The minimum absolute atomic E-state index is 0.112. The van der Waals surface area contributed by atoms with Crippen LogP contribution in [0.15, 0.2) is 91.7 Å². The summed E-state index contributed by atoms with van der Waals surface area (Å²) in [6.45, 7) is 16.7. The fourth-order valence-corrected chi connectivity index (χ4v) is 5.53. The van der Waals surface area contributed by atoms with Gasteiger partial charge in [-0.3, -0.25) is 4.90 Å². The molecule has 1 saturated carbocycles. The Kier molecular flexibility index (Phi) is 5.54. The number of rotatable bonds is 7. The minimum atomic E-state index is 0.112. The third-order valence-corrected chi connectivity index (χ3v) is 7.38. The monoisotopic (exact) mass is 438 g/mol. The lowest BCUT2D eigenvalue weighted by Gasteiger charge is -2.47. The van der Waals surface area contributed by atoms with Gasteiger partial charge in [0.15, 0.2) is 0 Å². The number of ether oxygens (including phenoxy) is 1. The first-order valence-electron chi connectivity index (χ1n) is 11.9. The second-order valence-corrected chi connectivity index (χ2v) is 9.91. The van der Waals surface area contributed by atoms with Gasteiger partial charge in [0, 0.05) is 24.3 Å². The molecule has 1 saturated heterocycles. The average molecular weight is 439 g/mol. The summed E-state index contributed by atoms with van der Waals surface area (Å²) in [4.78, 5) is 4.84. The number of nitrogens with zero attached hydrogens (tertiary/aromatic N) is 2. The molecular weight excluding hydrogens is 404 g/mol. The highest BCUT2D eigenvalue weighted by atomic mass is 16.5. The topological polar surface area (TPSA) is 15.7 Å². The summed E-state index contributed by atoms with van der Waals surface area (Å²) in [5.74, 6) is 0.946.